The summed E-state index contributed by atoms with van der Waals surface area (Å²) in [5, 5.41) is 4.05. The van der Waals surface area contributed by atoms with Crippen molar-refractivity contribution in [1.82, 2.24) is 0 Å². The minimum Gasteiger partial charge on any atom is -0.354 e. The number of benzene rings is 4. The molecule has 1 N–H and O–H groups in total. The van der Waals surface area contributed by atoms with Gasteiger partial charge in [-0.1, -0.05) is 109 Å². The molecular formula is C27H21ClN2. The Bertz CT molecular complexity index is 1140. The molecule has 0 bridgehead atoms. The van der Waals surface area contributed by atoms with E-state index in [-0.39, 0.29) is 0 Å². The second-order valence-corrected chi connectivity index (χ2v) is 7.09. The van der Waals surface area contributed by atoms with Crippen LogP contribution < -0.4 is 5.32 Å². The quantitative estimate of drug-likeness (QED) is 0.327. The largest absolute Gasteiger partial charge is 0.354 e. The summed E-state index contributed by atoms with van der Waals surface area (Å²) in [5.41, 5.74) is 5.27. The molecule has 0 atom stereocenters. The van der Waals surface area contributed by atoms with Gasteiger partial charge in [-0.3, -0.25) is 0 Å². The fourth-order valence-corrected chi connectivity index (χ4v) is 3.42. The van der Waals surface area contributed by atoms with E-state index in [0.29, 0.717) is 10.7 Å². The molecule has 4 rings (SSSR count). The number of aliphatic imine (C=N–C) groups is 1. The number of hydrogen-bond donors (Lipinski definition) is 1. The van der Waals surface area contributed by atoms with Crippen LogP contribution in [0.1, 0.15) is 11.1 Å². The number of para-hydroxylation sites is 2. The van der Waals surface area contributed by atoms with Gasteiger partial charge in [0.15, 0.2) is 0 Å². The van der Waals surface area contributed by atoms with Crippen LogP contribution in [0, 0.1) is 0 Å². The highest BCUT2D eigenvalue weighted by molar-refractivity contribution is 6.49. The fraction of sp³-hybridized carbons (Fsp3) is 0. The van der Waals surface area contributed by atoms with E-state index >= 15 is 0 Å². The van der Waals surface area contributed by atoms with E-state index in [1.54, 1.807) is 0 Å². The van der Waals surface area contributed by atoms with Crippen LogP contribution in [0.3, 0.4) is 0 Å². The third kappa shape index (κ3) is 4.86. The minimum atomic E-state index is 0.556. The third-order valence-corrected chi connectivity index (χ3v) is 4.95. The maximum atomic E-state index is 7.07. The molecule has 0 heterocycles. The Morgan fingerprint density at radius 2 is 1.03 bits per heavy atom. The van der Waals surface area contributed by atoms with Crippen LogP contribution in [0.15, 0.2) is 131 Å². The molecule has 4 aromatic carbocycles. The lowest BCUT2D eigenvalue weighted by Gasteiger charge is -2.16. The van der Waals surface area contributed by atoms with Gasteiger partial charge in [0.2, 0.25) is 0 Å². The number of rotatable bonds is 6. The average molecular weight is 409 g/mol. The van der Waals surface area contributed by atoms with E-state index in [2.05, 4.69) is 5.32 Å². The Labute approximate surface area is 182 Å². The predicted molar refractivity (Wildman–Crippen MR) is 128 cm³/mol. The third-order valence-electron chi connectivity index (χ3n) is 4.58. The van der Waals surface area contributed by atoms with Gasteiger partial charge >= 0.3 is 0 Å². The zero-order valence-electron chi connectivity index (χ0n) is 16.4. The van der Waals surface area contributed by atoms with Crippen molar-refractivity contribution in [1.29, 1.82) is 0 Å². The van der Waals surface area contributed by atoms with Crippen LogP contribution in [-0.2, 0) is 0 Å². The van der Waals surface area contributed by atoms with Crippen LogP contribution in [0.5, 0.6) is 0 Å². The Balaban J connectivity index is 1.89. The Kier molecular flexibility index (Phi) is 6.38. The number of allylic oxidation sites excluding steroid dienone is 1. The molecule has 0 saturated heterocycles. The van der Waals surface area contributed by atoms with Crippen molar-refractivity contribution in [2.24, 2.45) is 4.99 Å². The molecule has 0 aliphatic heterocycles. The Morgan fingerprint density at radius 1 is 0.567 bits per heavy atom. The lowest BCUT2D eigenvalue weighted by Crippen LogP contribution is -2.09. The van der Waals surface area contributed by atoms with Crippen LogP contribution in [-0.4, -0.2) is 5.71 Å². The molecule has 0 aliphatic carbocycles. The normalized spacial score (nSPS) is 12.2. The van der Waals surface area contributed by atoms with E-state index < -0.39 is 0 Å². The van der Waals surface area contributed by atoms with Crippen molar-refractivity contribution in [3.05, 3.63) is 137 Å². The molecule has 0 aromatic heterocycles. The van der Waals surface area contributed by atoms with Gasteiger partial charge in [-0.2, -0.15) is 0 Å². The van der Waals surface area contributed by atoms with E-state index in [0.717, 1.165) is 28.2 Å². The summed E-state index contributed by atoms with van der Waals surface area (Å²) < 4.78 is 0. The topological polar surface area (TPSA) is 24.4 Å². The zero-order chi connectivity index (χ0) is 20.6. The summed E-state index contributed by atoms with van der Waals surface area (Å²) in [6.45, 7) is 0. The summed E-state index contributed by atoms with van der Waals surface area (Å²) >= 11 is 7.07. The van der Waals surface area contributed by atoms with Gasteiger partial charge in [0.05, 0.1) is 22.1 Å². The van der Waals surface area contributed by atoms with Gasteiger partial charge in [-0.25, -0.2) is 4.99 Å². The number of anilines is 1. The van der Waals surface area contributed by atoms with Crippen molar-refractivity contribution in [2.75, 3.05) is 5.32 Å². The van der Waals surface area contributed by atoms with Gasteiger partial charge in [-0.15, -0.1) is 0 Å². The maximum absolute atomic E-state index is 7.07. The Hall–Kier alpha value is -3.62. The SMILES string of the molecule is Cl/C(C(=Nc1ccccc1)c1ccccc1)=C(\Nc1ccccc1)c1ccccc1. The van der Waals surface area contributed by atoms with Gasteiger partial charge < -0.3 is 5.32 Å². The fourth-order valence-electron chi connectivity index (χ4n) is 3.11. The standard InChI is InChI=1S/C27H21ClN2/c28-25(26(21-13-5-1-6-14-21)29-23-17-9-3-10-18-23)27(22-15-7-2-8-16-22)30-24-19-11-4-12-20-24/h1-20,29H/b26-25-,30-27?. The first-order valence-corrected chi connectivity index (χ1v) is 10.2. The molecule has 146 valence electrons. The van der Waals surface area contributed by atoms with Crippen molar-refractivity contribution >= 4 is 34.4 Å². The second-order valence-electron chi connectivity index (χ2n) is 6.71. The summed E-state index contributed by atoms with van der Waals surface area (Å²) in [4.78, 5) is 4.90. The van der Waals surface area contributed by atoms with Gasteiger partial charge in [-0.05, 0) is 29.8 Å². The number of halogens is 1. The molecule has 3 heteroatoms. The molecule has 0 aliphatic rings. The van der Waals surface area contributed by atoms with Gasteiger partial charge in [0.25, 0.3) is 0 Å². The van der Waals surface area contributed by atoms with Crippen LogP contribution in [0.25, 0.3) is 5.70 Å². The van der Waals surface area contributed by atoms with E-state index in [1.807, 2.05) is 121 Å². The van der Waals surface area contributed by atoms with Gasteiger partial charge in [0, 0.05) is 11.3 Å². The summed E-state index contributed by atoms with van der Waals surface area (Å²) in [5.74, 6) is 0. The summed E-state index contributed by atoms with van der Waals surface area (Å²) in [6.07, 6.45) is 0. The molecule has 0 unspecified atom stereocenters. The average Bonchev–Trinajstić information content (AvgIpc) is 2.83. The molecule has 4 aromatic rings. The Morgan fingerprint density at radius 3 is 1.60 bits per heavy atom. The molecule has 30 heavy (non-hydrogen) atoms. The summed E-state index contributed by atoms with van der Waals surface area (Å²) in [6, 6.07) is 40.0. The van der Waals surface area contributed by atoms with E-state index in [4.69, 9.17) is 16.6 Å². The highest BCUT2D eigenvalue weighted by Gasteiger charge is 2.16. The molecule has 0 saturated carbocycles. The van der Waals surface area contributed by atoms with Crippen molar-refractivity contribution in [3.63, 3.8) is 0 Å². The van der Waals surface area contributed by atoms with Crippen molar-refractivity contribution in [2.45, 2.75) is 0 Å². The molecule has 0 amide bonds. The lowest BCUT2D eigenvalue weighted by atomic mass is 10.0. The van der Waals surface area contributed by atoms with Gasteiger partial charge in [0.1, 0.15) is 0 Å². The summed E-state index contributed by atoms with van der Waals surface area (Å²) in [7, 11) is 0. The molecule has 0 spiro atoms. The zero-order valence-corrected chi connectivity index (χ0v) is 17.1. The second kappa shape index (κ2) is 9.73. The first-order chi connectivity index (χ1) is 14.8. The smallest absolute Gasteiger partial charge is 0.0916 e. The minimum absolute atomic E-state index is 0.556. The first-order valence-electron chi connectivity index (χ1n) is 9.78. The van der Waals surface area contributed by atoms with Crippen LogP contribution in [0.4, 0.5) is 11.4 Å². The maximum Gasteiger partial charge on any atom is 0.0916 e. The lowest BCUT2D eigenvalue weighted by molar-refractivity contribution is 1.48. The molecule has 2 nitrogen and oxygen atoms in total. The highest BCUT2D eigenvalue weighted by Crippen LogP contribution is 2.28. The number of nitrogens with one attached hydrogen (secondary N) is 1. The number of hydrogen-bond acceptors (Lipinski definition) is 2. The predicted octanol–water partition coefficient (Wildman–Crippen LogP) is 7.53. The monoisotopic (exact) mass is 408 g/mol. The van der Waals surface area contributed by atoms with Crippen LogP contribution in [0.2, 0.25) is 0 Å². The highest BCUT2D eigenvalue weighted by atomic mass is 35.5. The number of nitrogens with zero attached hydrogens (tertiary/aromatic N) is 1. The van der Waals surface area contributed by atoms with Crippen molar-refractivity contribution < 1.29 is 0 Å². The van der Waals surface area contributed by atoms with Crippen molar-refractivity contribution in [3.8, 4) is 0 Å². The van der Waals surface area contributed by atoms with E-state index in [1.165, 1.54) is 0 Å². The van der Waals surface area contributed by atoms with Crippen LogP contribution >= 0.6 is 11.6 Å². The molecule has 0 fully saturated rings. The molecular weight excluding hydrogens is 388 g/mol. The molecule has 0 radical (unpaired) electrons. The van der Waals surface area contributed by atoms with E-state index in [9.17, 15) is 0 Å². The first kappa shape index (κ1) is 19.7.